The van der Waals surface area contributed by atoms with E-state index in [2.05, 4.69) is 10.3 Å². The van der Waals surface area contributed by atoms with Gasteiger partial charge in [0.25, 0.3) is 0 Å². The minimum Gasteiger partial charge on any atom is -0.466 e. The molecule has 19 heavy (non-hydrogen) atoms. The quantitative estimate of drug-likeness (QED) is 0.772. The first-order valence-electron chi connectivity index (χ1n) is 6.12. The van der Waals surface area contributed by atoms with E-state index in [-0.39, 0.29) is 18.4 Å². The molecule has 0 amide bonds. The van der Waals surface area contributed by atoms with E-state index < -0.39 is 0 Å². The van der Waals surface area contributed by atoms with Crippen molar-refractivity contribution in [3.05, 3.63) is 10.6 Å². The lowest BCUT2D eigenvalue weighted by atomic mass is 10.4. The Morgan fingerprint density at radius 3 is 2.58 bits per heavy atom. The summed E-state index contributed by atoms with van der Waals surface area (Å²) in [7, 11) is 0. The van der Waals surface area contributed by atoms with Crippen LogP contribution in [0.3, 0.4) is 0 Å². The number of aryl methyl sites for hydroxylation is 1. The van der Waals surface area contributed by atoms with E-state index in [4.69, 9.17) is 9.47 Å². The summed E-state index contributed by atoms with van der Waals surface area (Å²) in [4.78, 5) is 27.4. The van der Waals surface area contributed by atoms with Crippen LogP contribution in [0.1, 0.15) is 35.6 Å². The first-order chi connectivity index (χ1) is 9.08. The molecule has 1 rings (SSSR count). The van der Waals surface area contributed by atoms with Gasteiger partial charge in [0.15, 0.2) is 5.13 Å². The van der Waals surface area contributed by atoms with Crippen LogP contribution in [-0.4, -0.2) is 36.7 Å². The molecule has 0 spiro atoms. The number of aromatic nitrogens is 1. The van der Waals surface area contributed by atoms with Crippen LogP contribution < -0.4 is 5.32 Å². The number of esters is 2. The van der Waals surface area contributed by atoms with Crippen molar-refractivity contribution in [3.8, 4) is 0 Å². The van der Waals surface area contributed by atoms with Gasteiger partial charge in [-0.15, -0.1) is 0 Å². The summed E-state index contributed by atoms with van der Waals surface area (Å²) in [5.41, 5.74) is 0.627. The minimum atomic E-state index is -0.365. The van der Waals surface area contributed by atoms with Gasteiger partial charge in [0.1, 0.15) is 4.88 Å². The fraction of sp³-hybridized carbons (Fsp3) is 0.583. The van der Waals surface area contributed by atoms with Gasteiger partial charge in [0, 0.05) is 6.54 Å². The van der Waals surface area contributed by atoms with Gasteiger partial charge in [-0.25, -0.2) is 9.78 Å². The number of anilines is 1. The highest BCUT2D eigenvalue weighted by molar-refractivity contribution is 7.17. The van der Waals surface area contributed by atoms with E-state index in [1.54, 1.807) is 20.8 Å². The zero-order valence-corrected chi connectivity index (χ0v) is 12.1. The van der Waals surface area contributed by atoms with E-state index in [0.717, 1.165) is 0 Å². The molecule has 6 nitrogen and oxygen atoms in total. The molecule has 0 atom stereocenters. The van der Waals surface area contributed by atoms with Gasteiger partial charge >= 0.3 is 11.9 Å². The molecule has 0 bridgehead atoms. The van der Waals surface area contributed by atoms with Crippen molar-refractivity contribution in [1.82, 2.24) is 4.98 Å². The Morgan fingerprint density at radius 1 is 1.26 bits per heavy atom. The lowest BCUT2D eigenvalue weighted by Crippen LogP contribution is -2.11. The Bertz CT molecular complexity index is 445. The maximum atomic E-state index is 11.6. The zero-order chi connectivity index (χ0) is 14.3. The number of ether oxygens (including phenoxy) is 2. The number of rotatable bonds is 7. The fourth-order valence-corrected chi connectivity index (χ4v) is 2.25. The van der Waals surface area contributed by atoms with Crippen LogP contribution in [0.5, 0.6) is 0 Å². The maximum Gasteiger partial charge on any atom is 0.350 e. The molecular weight excluding hydrogens is 268 g/mol. The van der Waals surface area contributed by atoms with Crippen molar-refractivity contribution in [3.63, 3.8) is 0 Å². The molecule has 1 aromatic heterocycles. The Morgan fingerprint density at radius 2 is 1.95 bits per heavy atom. The van der Waals surface area contributed by atoms with Crippen molar-refractivity contribution in [1.29, 1.82) is 0 Å². The van der Waals surface area contributed by atoms with Gasteiger partial charge in [0.2, 0.25) is 0 Å². The smallest absolute Gasteiger partial charge is 0.350 e. The minimum absolute atomic E-state index is 0.256. The largest absolute Gasteiger partial charge is 0.466 e. The lowest BCUT2D eigenvalue weighted by molar-refractivity contribution is -0.142. The lowest BCUT2D eigenvalue weighted by Gasteiger charge is -2.02. The van der Waals surface area contributed by atoms with E-state index in [0.29, 0.717) is 35.5 Å². The topological polar surface area (TPSA) is 77.5 Å². The highest BCUT2D eigenvalue weighted by Gasteiger charge is 2.16. The van der Waals surface area contributed by atoms with Gasteiger partial charge < -0.3 is 14.8 Å². The van der Waals surface area contributed by atoms with E-state index in [9.17, 15) is 9.59 Å². The van der Waals surface area contributed by atoms with Crippen LogP contribution in [0.4, 0.5) is 5.13 Å². The third-order valence-corrected chi connectivity index (χ3v) is 3.26. The molecule has 0 aliphatic carbocycles. The fourth-order valence-electron chi connectivity index (χ4n) is 1.36. The SMILES string of the molecule is CCOC(=O)CCNc1nc(C)c(C(=O)OCC)s1. The Balaban J connectivity index is 2.49. The average Bonchev–Trinajstić information content (AvgIpc) is 2.71. The molecule has 7 heteroatoms. The molecule has 1 aromatic rings. The average molecular weight is 286 g/mol. The van der Waals surface area contributed by atoms with Crippen molar-refractivity contribution in [2.75, 3.05) is 25.1 Å². The van der Waals surface area contributed by atoms with E-state index in [1.165, 1.54) is 11.3 Å². The normalized spacial score (nSPS) is 10.1. The van der Waals surface area contributed by atoms with Crippen molar-refractivity contribution >= 4 is 28.4 Å². The van der Waals surface area contributed by atoms with Crippen LogP contribution >= 0.6 is 11.3 Å². The van der Waals surface area contributed by atoms with Crippen LogP contribution in [-0.2, 0) is 14.3 Å². The monoisotopic (exact) mass is 286 g/mol. The van der Waals surface area contributed by atoms with Crippen molar-refractivity contribution in [2.45, 2.75) is 27.2 Å². The molecule has 0 aliphatic rings. The molecule has 0 unspecified atom stereocenters. The number of hydrogen-bond donors (Lipinski definition) is 1. The third kappa shape index (κ3) is 4.86. The second-order valence-corrected chi connectivity index (χ2v) is 4.63. The second kappa shape index (κ2) is 7.73. The first kappa shape index (κ1) is 15.4. The third-order valence-electron chi connectivity index (χ3n) is 2.17. The molecule has 1 N–H and O–H groups in total. The Labute approximate surface area is 116 Å². The summed E-state index contributed by atoms with van der Waals surface area (Å²) in [6, 6.07) is 0. The summed E-state index contributed by atoms with van der Waals surface area (Å²) in [5, 5.41) is 3.59. The summed E-state index contributed by atoms with van der Waals surface area (Å²) in [5.74, 6) is -0.621. The van der Waals surface area contributed by atoms with Gasteiger partial charge in [-0.2, -0.15) is 0 Å². The standard InChI is InChI=1S/C12H18N2O4S/c1-4-17-9(15)6-7-13-12-14-8(3)10(19-12)11(16)18-5-2/h4-7H2,1-3H3,(H,13,14). The molecule has 0 aliphatic heterocycles. The Hall–Kier alpha value is -1.63. The molecule has 0 saturated carbocycles. The van der Waals surface area contributed by atoms with Crippen LogP contribution in [0.2, 0.25) is 0 Å². The summed E-state index contributed by atoms with van der Waals surface area (Å²) >= 11 is 1.22. The summed E-state index contributed by atoms with van der Waals surface area (Å²) in [6.07, 6.45) is 0.265. The van der Waals surface area contributed by atoms with Gasteiger partial charge in [-0.1, -0.05) is 11.3 Å². The highest BCUT2D eigenvalue weighted by atomic mass is 32.1. The molecule has 0 radical (unpaired) electrons. The Kier molecular flexibility index (Phi) is 6.27. The van der Waals surface area contributed by atoms with Gasteiger partial charge in [-0.3, -0.25) is 4.79 Å². The predicted octanol–water partition coefficient (Wildman–Crippen LogP) is 1.99. The molecular formula is C12H18N2O4S. The van der Waals surface area contributed by atoms with Crippen molar-refractivity contribution in [2.24, 2.45) is 0 Å². The number of nitrogens with one attached hydrogen (secondary N) is 1. The number of nitrogens with zero attached hydrogens (tertiary/aromatic N) is 1. The summed E-state index contributed by atoms with van der Waals surface area (Å²) in [6.45, 7) is 6.41. The van der Waals surface area contributed by atoms with Crippen molar-refractivity contribution < 1.29 is 19.1 Å². The van der Waals surface area contributed by atoms with Crippen LogP contribution in [0, 0.1) is 6.92 Å². The maximum absolute atomic E-state index is 11.6. The van der Waals surface area contributed by atoms with E-state index in [1.807, 2.05) is 0 Å². The molecule has 0 aromatic carbocycles. The predicted molar refractivity (Wildman–Crippen MR) is 72.5 cm³/mol. The molecule has 0 saturated heterocycles. The van der Waals surface area contributed by atoms with Crippen LogP contribution in [0.25, 0.3) is 0 Å². The first-order valence-corrected chi connectivity index (χ1v) is 6.94. The molecule has 106 valence electrons. The molecule has 0 fully saturated rings. The number of carbonyl (C=O) groups is 2. The molecule has 1 heterocycles. The summed E-state index contributed by atoms with van der Waals surface area (Å²) < 4.78 is 9.74. The zero-order valence-electron chi connectivity index (χ0n) is 11.3. The second-order valence-electron chi connectivity index (χ2n) is 3.64. The highest BCUT2D eigenvalue weighted by Crippen LogP contribution is 2.23. The van der Waals surface area contributed by atoms with Gasteiger partial charge in [-0.05, 0) is 20.8 Å². The number of carbonyl (C=O) groups excluding carboxylic acids is 2. The number of hydrogen-bond acceptors (Lipinski definition) is 7. The number of thiazole rings is 1. The van der Waals surface area contributed by atoms with Crippen LogP contribution in [0.15, 0.2) is 0 Å². The van der Waals surface area contributed by atoms with E-state index >= 15 is 0 Å². The van der Waals surface area contributed by atoms with Gasteiger partial charge in [0.05, 0.1) is 25.3 Å².